The maximum Gasteiger partial charge on any atom is 0.257 e. The van der Waals surface area contributed by atoms with Gasteiger partial charge in [-0.25, -0.2) is 9.67 Å². The zero-order chi connectivity index (χ0) is 17.1. The summed E-state index contributed by atoms with van der Waals surface area (Å²) in [7, 11) is 0. The summed E-state index contributed by atoms with van der Waals surface area (Å²) in [5.74, 6) is 0.778. The molecule has 2 fully saturated rings. The molecule has 1 saturated heterocycles. The lowest BCUT2D eigenvalue weighted by molar-refractivity contribution is 0.0665. The summed E-state index contributed by atoms with van der Waals surface area (Å²) in [5, 5.41) is 4.24. The van der Waals surface area contributed by atoms with Gasteiger partial charge in [-0.05, 0) is 50.7 Å². The monoisotopic (exact) mass is 340 g/mol. The van der Waals surface area contributed by atoms with Crippen LogP contribution >= 0.6 is 0 Å². The first-order chi connectivity index (χ1) is 12.3. The number of benzene rings is 1. The van der Waals surface area contributed by atoms with E-state index < -0.39 is 0 Å². The molecule has 0 N–H and O–H groups in total. The van der Waals surface area contributed by atoms with Gasteiger partial charge in [-0.15, -0.1) is 0 Å². The van der Waals surface area contributed by atoms with Crippen LogP contribution in [0, 0.1) is 0 Å². The van der Waals surface area contributed by atoms with Crippen molar-refractivity contribution in [3.63, 3.8) is 0 Å². The van der Waals surface area contributed by atoms with Gasteiger partial charge in [0.2, 0.25) is 0 Å². The van der Waals surface area contributed by atoms with Crippen LogP contribution in [0.25, 0.3) is 0 Å². The van der Waals surface area contributed by atoms with Crippen molar-refractivity contribution in [1.82, 2.24) is 19.7 Å². The molecule has 1 amide bonds. The van der Waals surface area contributed by atoms with Gasteiger partial charge in [-0.2, -0.15) is 5.10 Å². The molecule has 1 saturated carbocycles. The van der Waals surface area contributed by atoms with Crippen molar-refractivity contribution < 1.29 is 9.53 Å². The summed E-state index contributed by atoms with van der Waals surface area (Å²) in [5.41, 5.74) is 0.675. The molecular weight excluding hydrogens is 316 g/mol. The Bertz CT molecular complexity index is 710. The molecule has 6 heteroatoms. The number of carbonyl (C=O) groups is 1. The van der Waals surface area contributed by atoms with Crippen molar-refractivity contribution in [2.24, 2.45) is 0 Å². The first kappa shape index (κ1) is 16.1. The van der Waals surface area contributed by atoms with Crippen LogP contribution < -0.4 is 4.74 Å². The van der Waals surface area contributed by atoms with E-state index in [4.69, 9.17) is 4.74 Å². The van der Waals surface area contributed by atoms with Crippen LogP contribution in [0.1, 0.15) is 54.9 Å². The second kappa shape index (κ2) is 7.25. The summed E-state index contributed by atoms with van der Waals surface area (Å²) in [6.07, 6.45) is 10.1. The standard InChI is InChI=1S/C19H24N4O2/c24-19(22-11-5-6-15(12-22)23-14-20-13-21-23)17-9-3-4-10-18(17)25-16-7-1-2-8-16/h3-4,9-10,13-16H,1-2,5-8,11-12H2. The zero-order valence-electron chi connectivity index (χ0n) is 14.4. The molecule has 0 radical (unpaired) electrons. The average Bonchev–Trinajstić information content (AvgIpc) is 3.36. The molecule has 1 aromatic carbocycles. The minimum absolute atomic E-state index is 0.0541. The SMILES string of the molecule is O=C(c1ccccc1OC1CCCC1)N1CCCC(n2cncn2)C1. The smallest absolute Gasteiger partial charge is 0.257 e. The highest BCUT2D eigenvalue weighted by atomic mass is 16.5. The van der Waals surface area contributed by atoms with Crippen molar-refractivity contribution in [3.8, 4) is 5.75 Å². The van der Waals surface area contributed by atoms with Gasteiger partial charge in [-0.3, -0.25) is 4.79 Å². The number of hydrogen-bond donors (Lipinski definition) is 0. The van der Waals surface area contributed by atoms with Crippen LogP contribution in [0.5, 0.6) is 5.75 Å². The number of hydrogen-bond acceptors (Lipinski definition) is 4. The Kier molecular flexibility index (Phi) is 4.68. The first-order valence-electron chi connectivity index (χ1n) is 9.20. The van der Waals surface area contributed by atoms with E-state index >= 15 is 0 Å². The fourth-order valence-corrected chi connectivity index (χ4v) is 3.86. The van der Waals surface area contributed by atoms with E-state index in [-0.39, 0.29) is 18.1 Å². The molecule has 0 bridgehead atoms. The Hall–Kier alpha value is -2.37. The molecule has 6 nitrogen and oxygen atoms in total. The van der Waals surface area contributed by atoms with Gasteiger partial charge < -0.3 is 9.64 Å². The van der Waals surface area contributed by atoms with Crippen molar-refractivity contribution in [2.75, 3.05) is 13.1 Å². The number of rotatable bonds is 4. The number of carbonyl (C=O) groups excluding carboxylic acids is 1. The number of amides is 1. The average molecular weight is 340 g/mol. The molecule has 1 aliphatic heterocycles. The second-order valence-electron chi connectivity index (χ2n) is 6.94. The van der Waals surface area contributed by atoms with Gasteiger partial charge >= 0.3 is 0 Å². The van der Waals surface area contributed by atoms with Crippen LogP contribution in [0.15, 0.2) is 36.9 Å². The number of likely N-dealkylation sites (tertiary alicyclic amines) is 1. The summed E-state index contributed by atoms with van der Waals surface area (Å²) < 4.78 is 8.00. The Balaban J connectivity index is 1.50. The third-order valence-corrected chi connectivity index (χ3v) is 5.21. The number of aromatic nitrogens is 3. The maximum absolute atomic E-state index is 13.1. The largest absolute Gasteiger partial charge is 0.490 e. The summed E-state index contributed by atoms with van der Waals surface area (Å²) >= 11 is 0. The van der Waals surface area contributed by atoms with E-state index in [1.807, 2.05) is 33.8 Å². The maximum atomic E-state index is 13.1. The molecule has 0 spiro atoms. The topological polar surface area (TPSA) is 60.2 Å². The molecule has 132 valence electrons. The second-order valence-corrected chi connectivity index (χ2v) is 6.94. The summed E-state index contributed by atoms with van der Waals surface area (Å²) in [4.78, 5) is 19.1. The van der Waals surface area contributed by atoms with Crippen LogP contribution in [0.4, 0.5) is 0 Å². The third-order valence-electron chi connectivity index (χ3n) is 5.21. The highest BCUT2D eigenvalue weighted by Gasteiger charge is 2.28. The Morgan fingerprint density at radius 1 is 1.12 bits per heavy atom. The highest BCUT2D eigenvalue weighted by molar-refractivity contribution is 5.97. The molecule has 1 atom stereocenters. The minimum atomic E-state index is 0.0541. The third kappa shape index (κ3) is 3.52. The van der Waals surface area contributed by atoms with Gasteiger partial charge in [0.05, 0.1) is 17.7 Å². The first-order valence-corrected chi connectivity index (χ1v) is 9.20. The van der Waals surface area contributed by atoms with Gasteiger partial charge in [0.1, 0.15) is 18.4 Å². The van der Waals surface area contributed by atoms with E-state index in [1.165, 1.54) is 12.8 Å². The predicted molar refractivity (Wildman–Crippen MR) is 93.5 cm³/mol. The number of piperidine rings is 1. The lowest BCUT2D eigenvalue weighted by Crippen LogP contribution is -2.41. The van der Waals surface area contributed by atoms with Gasteiger partial charge in [0, 0.05) is 13.1 Å². The quantitative estimate of drug-likeness (QED) is 0.858. The van der Waals surface area contributed by atoms with E-state index in [9.17, 15) is 4.79 Å². The van der Waals surface area contributed by atoms with E-state index in [0.717, 1.165) is 38.0 Å². The Morgan fingerprint density at radius 2 is 1.96 bits per heavy atom. The van der Waals surface area contributed by atoms with Crippen molar-refractivity contribution in [1.29, 1.82) is 0 Å². The molecule has 4 rings (SSSR count). The van der Waals surface area contributed by atoms with Crippen LogP contribution in [0.2, 0.25) is 0 Å². The molecule has 2 aromatic rings. The molecule has 1 aromatic heterocycles. The van der Waals surface area contributed by atoms with Gasteiger partial charge in [0.15, 0.2) is 0 Å². The number of ether oxygens (including phenoxy) is 1. The Morgan fingerprint density at radius 3 is 2.76 bits per heavy atom. The van der Waals surface area contributed by atoms with Crippen LogP contribution in [-0.4, -0.2) is 44.8 Å². The van der Waals surface area contributed by atoms with Crippen LogP contribution in [0.3, 0.4) is 0 Å². The normalized spacial score (nSPS) is 21.4. The molecule has 1 unspecified atom stereocenters. The van der Waals surface area contributed by atoms with Gasteiger partial charge in [0.25, 0.3) is 5.91 Å². The molecule has 1 aliphatic carbocycles. The fourth-order valence-electron chi connectivity index (χ4n) is 3.86. The van der Waals surface area contributed by atoms with Crippen molar-refractivity contribution in [2.45, 2.75) is 50.7 Å². The van der Waals surface area contributed by atoms with E-state index in [0.29, 0.717) is 12.1 Å². The van der Waals surface area contributed by atoms with E-state index in [1.54, 1.807) is 12.7 Å². The molecule has 2 aliphatic rings. The Labute approximate surface area is 147 Å². The zero-order valence-corrected chi connectivity index (χ0v) is 14.4. The summed E-state index contributed by atoms with van der Waals surface area (Å²) in [6, 6.07) is 7.85. The van der Waals surface area contributed by atoms with Crippen molar-refractivity contribution >= 4 is 5.91 Å². The van der Waals surface area contributed by atoms with Gasteiger partial charge in [-0.1, -0.05) is 12.1 Å². The van der Waals surface area contributed by atoms with E-state index in [2.05, 4.69) is 10.1 Å². The lowest BCUT2D eigenvalue weighted by Gasteiger charge is -2.33. The summed E-state index contributed by atoms with van der Waals surface area (Å²) in [6.45, 7) is 1.45. The molecule has 2 heterocycles. The molecular formula is C19H24N4O2. The lowest BCUT2D eigenvalue weighted by atomic mass is 10.0. The number of nitrogens with zero attached hydrogens (tertiary/aromatic N) is 4. The molecule has 25 heavy (non-hydrogen) atoms. The minimum Gasteiger partial charge on any atom is -0.490 e. The fraction of sp³-hybridized carbons (Fsp3) is 0.526. The highest BCUT2D eigenvalue weighted by Crippen LogP contribution is 2.29. The van der Waals surface area contributed by atoms with Crippen LogP contribution in [-0.2, 0) is 0 Å². The number of para-hydroxylation sites is 1. The van der Waals surface area contributed by atoms with Crippen molar-refractivity contribution in [3.05, 3.63) is 42.5 Å². The predicted octanol–water partition coefficient (Wildman–Crippen LogP) is 3.08.